The third-order valence-corrected chi connectivity index (χ3v) is 2.91. The van der Waals surface area contributed by atoms with Crippen molar-refractivity contribution in [2.45, 2.75) is 20.4 Å². The Kier molecular flexibility index (Phi) is 4.98. The van der Waals surface area contributed by atoms with Gasteiger partial charge in [-0.05, 0) is 24.1 Å². The van der Waals surface area contributed by atoms with E-state index in [4.69, 9.17) is 16.3 Å². The van der Waals surface area contributed by atoms with Crippen LogP contribution in [0.1, 0.15) is 19.4 Å². The molecule has 0 saturated heterocycles. The molecule has 1 N–H and O–H groups in total. The van der Waals surface area contributed by atoms with Crippen LogP contribution in [0.5, 0.6) is 11.6 Å². The highest BCUT2D eigenvalue weighted by Gasteiger charge is 2.07. The second kappa shape index (κ2) is 6.72. The lowest BCUT2D eigenvalue weighted by molar-refractivity contribution is 0.461. The van der Waals surface area contributed by atoms with E-state index in [1.807, 2.05) is 13.1 Å². The third kappa shape index (κ3) is 4.21. The average Bonchev–Trinajstić information content (AvgIpc) is 2.78. The zero-order chi connectivity index (χ0) is 14.5. The van der Waals surface area contributed by atoms with Crippen LogP contribution in [0, 0.1) is 5.92 Å². The molecule has 2 heterocycles. The zero-order valence-electron chi connectivity index (χ0n) is 11.9. The predicted octanol–water partition coefficient (Wildman–Crippen LogP) is 3.01. The minimum absolute atomic E-state index is 0.396. The Morgan fingerprint density at radius 3 is 2.80 bits per heavy atom. The molecule has 2 rings (SSSR count). The third-order valence-electron chi connectivity index (χ3n) is 2.64. The normalized spacial score (nSPS) is 11.1. The maximum absolute atomic E-state index is 6.19. The second-order valence-electron chi connectivity index (χ2n) is 5.11. The van der Waals surface area contributed by atoms with Gasteiger partial charge in [0.1, 0.15) is 5.02 Å². The molecule has 0 saturated carbocycles. The molecule has 0 unspecified atom stereocenters. The highest BCUT2D eigenvalue weighted by molar-refractivity contribution is 6.31. The Labute approximate surface area is 123 Å². The van der Waals surface area contributed by atoms with Crippen LogP contribution in [-0.2, 0) is 13.6 Å². The van der Waals surface area contributed by atoms with Crippen molar-refractivity contribution in [2.24, 2.45) is 13.0 Å². The molecule has 0 aliphatic rings. The summed E-state index contributed by atoms with van der Waals surface area (Å²) in [7, 11) is 1.82. The minimum Gasteiger partial charge on any atom is -0.434 e. The number of ether oxygens (including phenoxy) is 1. The first-order valence-corrected chi connectivity index (χ1v) is 6.94. The van der Waals surface area contributed by atoms with Crippen molar-refractivity contribution in [2.75, 3.05) is 6.54 Å². The van der Waals surface area contributed by atoms with Gasteiger partial charge in [-0.1, -0.05) is 25.4 Å². The molecule has 0 aliphatic heterocycles. The lowest BCUT2D eigenvalue weighted by Crippen LogP contribution is -2.19. The Morgan fingerprint density at radius 1 is 1.40 bits per heavy atom. The van der Waals surface area contributed by atoms with Crippen LogP contribution in [-0.4, -0.2) is 21.3 Å². The van der Waals surface area contributed by atoms with Crippen LogP contribution in [0.2, 0.25) is 5.02 Å². The quantitative estimate of drug-likeness (QED) is 0.890. The Bertz CT molecular complexity index is 568. The molecule has 108 valence electrons. The monoisotopic (exact) mass is 294 g/mol. The Morgan fingerprint density at radius 2 is 2.20 bits per heavy atom. The molecule has 0 radical (unpaired) electrons. The molecule has 0 atom stereocenters. The molecule has 2 aromatic heterocycles. The highest BCUT2D eigenvalue weighted by Crippen LogP contribution is 2.27. The van der Waals surface area contributed by atoms with Crippen molar-refractivity contribution in [1.82, 2.24) is 20.1 Å². The van der Waals surface area contributed by atoms with E-state index in [1.54, 1.807) is 23.3 Å². The Balaban J connectivity index is 1.98. The van der Waals surface area contributed by atoms with Gasteiger partial charge in [0.15, 0.2) is 5.75 Å². The molecule has 6 heteroatoms. The van der Waals surface area contributed by atoms with E-state index in [2.05, 4.69) is 29.2 Å². The fourth-order valence-corrected chi connectivity index (χ4v) is 1.93. The number of hydrogen-bond donors (Lipinski definition) is 1. The van der Waals surface area contributed by atoms with Gasteiger partial charge in [-0.2, -0.15) is 5.10 Å². The van der Waals surface area contributed by atoms with Gasteiger partial charge < -0.3 is 10.1 Å². The van der Waals surface area contributed by atoms with Gasteiger partial charge in [0.25, 0.3) is 0 Å². The topological polar surface area (TPSA) is 52.0 Å². The van der Waals surface area contributed by atoms with Gasteiger partial charge >= 0.3 is 0 Å². The summed E-state index contributed by atoms with van der Waals surface area (Å²) in [4.78, 5) is 4.25. The number of aryl methyl sites for hydroxylation is 1. The molecule has 0 aromatic carbocycles. The zero-order valence-corrected chi connectivity index (χ0v) is 12.7. The van der Waals surface area contributed by atoms with Gasteiger partial charge in [-0.15, -0.1) is 0 Å². The number of halogens is 1. The van der Waals surface area contributed by atoms with Crippen molar-refractivity contribution >= 4 is 11.6 Å². The van der Waals surface area contributed by atoms with Crippen molar-refractivity contribution < 1.29 is 4.74 Å². The maximum atomic E-state index is 6.19. The van der Waals surface area contributed by atoms with E-state index in [0.717, 1.165) is 18.7 Å². The van der Waals surface area contributed by atoms with Crippen LogP contribution >= 0.6 is 11.6 Å². The summed E-state index contributed by atoms with van der Waals surface area (Å²) in [6.45, 7) is 6.05. The first-order chi connectivity index (χ1) is 9.54. The van der Waals surface area contributed by atoms with E-state index in [-0.39, 0.29) is 0 Å². The number of nitrogens with one attached hydrogen (secondary N) is 1. The molecule has 0 spiro atoms. The number of pyridine rings is 1. The molecule has 2 aromatic rings. The van der Waals surface area contributed by atoms with E-state index < -0.39 is 0 Å². The highest BCUT2D eigenvalue weighted by atomic mass is 35.5. The molecule has 0 aliphatic carbocycles. The number of hydrogen-bond acceptors (Lipinski definition) is 4. The fraction of sp³-hybridized carbons (Fsp3) is 0.429. The van der Waals surface area contributed by atoms with Crippen molar-refractivity contribution in [1.29, 1.82) is 0 Å². The van der Waals surface area contributed by atoms with E-state index in [9.17, 15) is 0 Å². The van der Waals surface area contributed by atoms with Crippen molar-refractivity contribution in [3.63, 3.8) is 0 Å². The molecule has 5 nitrogen and oxygen atoms in total. The van der Waals surface area contributed by atoms with Crippen LogP contribution in [0.3, 0.4) is 0 Å². The summed E-state index contributed by atoms with van der Waals surface area (Å²) >= 11 is 6.19. The number of rotatable bonds is 6. The van der Waals surface area contributed by atoms with E-state index >= 15 is 0 Å². The van der Waals surface area contributed by atoms with Crippen LogP contribution in [0.15, 0.2) is 24.7 Å². The summed E-state index contributed by atoms with van der Waals surface area (Å²) in [6, 6.07) is 1.87. The second-order valence-corrected chi connectivity index (χ2v) is 5.51. The summed E-state index contributed by atoms with van der Waals surface area (Å²) < 4.78 is 7.24. The van der Waals surface area contributed by atoms with Gasteiger partial charge in [0, 0.05) is 19.8 Å². The van der Waals surface area contributed by atoms with Crippen molar-refractivity contribution in [3.8, 4) is 11.6 Å². The summed E-state index contributed by atoms with van der Waals surface area (Å²) in [6.07, 6.45) is 5.15. The van der Waals surface area contributed by atoms with Crippen LogP contribution in [0.25, 0.3) is 0 Å². The molecule has 0 fully saturated rings. The maximum Gasteiger partial charge on any atom is 0.238 e. The van der Waals surface area contributed by atoms with E-state index in [1.165, 1.54) is 0 Å². The first kappa shape index (κ1) is 14.8. The molecule has 0 amide bonds. The van der Waals surface area contributed by atoms with Gasteiger partial charge in [-0.25, -0.2) is 4.98 Å². The predicted molar refractivity (Wildman–Crippen MR) is 79.1 cm³/mol. The average molecular weight is 295 g/mol. The molecule has 0 bridgehead atoms. The van der Waals surface area contributed by atoms with Gasteiger partial charge in [-0.3, -0.25) is 4.68 Å². The number of aromatic nitrogens is 3. The van der Waals surface area contributed by atoms with Gasteiger partial charge in [0.2, 0.25) is 5.88 Å². The largest absolute Gasteiger partial charge is 0.434 e. The Hall–Kier alpha value is -1.59. The van der Waals surface area contributed by atoms with Crippen LogP contribution in [0.4, 0.5) is 0 Å². The lowest BCUT2D eigenvalue weighted by Gasteiger charge is -2.09. The summed E-state index contributed by atoms with van der Waals surface area (Å²) in [5.74, 6) is 1.63. The van der Waals surface area contributed by atoms with Gasteiger partial charge in [0.05, 0.1) is 12.4 Å². The standard InChI is InChI=1S/C14H19ClN4O/c1-10(2)5-16-6-11-4-13(15)14(17-7-11)20-12-8-18-19(3)9-12/h4,7-10,16H,5-6H2,1-3H3. The molecule has 20 heavy (non-hydrogen) atoms. The molecular weight excluding hydrogens is 276 g/mol. The first-order valence-electron chi connectivity index (χ1n) is 6.56. The molecular formula is C14H19ClN4O. The summed E-state index contributed by atoms with van der Waals surface area (Å²) in [5.41, 5.74) is 1.04. The van der Waals surface area contributed by atoms with Crippen molar-refractivity contribution in [3.05, 3.63) is 35.2 Å². The fourth-order valence-electron chi connectivity index (χ4n) is 1.71. The lowest BCUT2D eigenvalue weighted by atomic mass is 10.2. The number of nitrogens with zero attached hydrogens (tertiary/aromatic N) is 3. The smallest absolute Gasteiger partial charge is 0.238 e. The van der Waals surface area contributed by atoms with E-state index in [0.29, 0.717) is 22.6 Å². The summed E-state index contributed by atoms with van der Waals surface area (Å²) in [5, 5.41) is 7.87. The minimum atomic E-state index is 0.396. The van der Waals surface area contributed by atoms with Crippen LogP contribution < -0.4 is 10.1 Å². The SMILES string of the molecule is CC(C)CNCc1cnc(Oc2cnn(C)c2)c(Cl)c1.